The van der Waals surface area contributed by atoms with E-state index < -0.39 is 23.6 Å². The summed E-state index contributed by atoms with van der Waals surface area (Å²) in [5.74, 6) is -2.25. The van der Waals surface area contributed by atoms with Gasteiger partial charge in [-0.1, -0.05) is 24.3 Å². The van der Waals surface area contributed by atoms with Crippen LogP contribution in [0.1, 0.15) is 28.9 Å². The minimum absolute atomic E-state index is 0.175. The molecule has 2 aromatic rings. The van der Waals surface area contributed by atoms with Gasteiger partial charge in [-0.25, -0.2) is 8.78 Å². The summed E-state index contributed by atoms with van der Waals surface area (Å²) in [6.07, 6.45) is 0. The lowest BCUT2D eigenvalue weighted by Crippen LogP contribution is -2.38. The van der Waals surface area contributed by atoms with Gasteiger partial charge in [-0.2, -0.15) is 0 Å². The third-order valence-corrected chi connectivity index (χ3v) is 3.25. The van der Waals surface area contributed by atoms with Crippen molar-refractivity contribution >= 4 is 11.8 Å². The molecule has 0 fully saturated rings. The van der Waals surface area contributed by atoms with Crippen LogP contribution in [-0.2, 0) is 4.79 Å². The molecule has 2 amide bonds. The molecule has 2 rings (SSSR count). The Hall–Kier alpha value is -2.76. The van der Waals surface area contributed by atoms with Crippen molar-refractivity contribution in [1.29, 1.82) is 0 Å². The van der Waals surface area contributed by atoms with Crippen molar-refractivity contribution in [3.05, 3.63) is 71.3 Å². The molecule has 0 heterocycles. The second-order valence-electron chi connectivity index (χ2n) is 5.00. The largest absolute Gasteiger partial charge is 0.348 e. The van der Waals surface area contributed by atoms with E-state index in [0.717, 1.165) is 12.1 Å². The minimum atomic E-state index is -0.730. The van der Waals surface area contributed by atoms with Gasteiger partial charge < -0.3 is 10.6 Å². The maximum absolute atomic E-state index is 13.6. The van der Waals surface area contributed by atoms with Crippen molar-refractivity contribution in [3.63, 3.8) is 0 Å². The Labute approximate surface area is 132 Å². The molecule has 0 spiro atoms. The molecule has 4 nitrogen and oxygen atoms in total. The van der Waals surface area contributed by atoms with Gasteiger partial charge >= 0.3 is 0 Å². The van der Waals surface area contributed by atoms with Crippen LogP contribution < -0.4 is 10.6 Å². The van der Waals surface area contributed by atoms with E-state index in [1.165, 1.54) is 6.07 Å². The maximum Gasteiger partial charge on any atom is 0.251 e. The van der Waals surface area contributed by atoms with Gasteiger partial charge in [0.05, 0.1) is 12.6 Å². The average molecular weight is 318 g/mol. The minimum Gasteiger partial charge on any atom is -0.348 e. The molecule has 0 saturated carbocycles. The van der Waals surface area contributed by atoms with Gasteiger partial charge in [0.25, 0.3) is 5.91 Å². The number of hydrogen-bond donors (Lipinski definition) is 2. The summed E-state index contributed by atoms with van der Waals surface area (Å²) in [6.45, 7) is 1.34. The standard InChI is InChI=1S/C17H16F2N2O2/c1-11(14-8-7-13(18)9-15(14)19)21-16(22)10-20-17(23)12-5-3-2-4-6-12/h2-9,11H,10H2,1H3,(H,20,23)(H,21,22)/t11-/m0/s1. The van der Waals surface area contributed by atoms with Crippen molar-refractivity contribution in [3.8, 4) is 0 Å². The van der Waals surface area contributed by atoms with E-state index in [2.05, 4.69) is 10.6 Å². The number of hydrogen-bond acceptors (Lipinski definition) is 2. The molecule has 2 N–H and O–H groups in total. The summed E-state index contributed by atoms with van der Waals surface area (Å²) < 4.78 is 26.5. The molecule has 0 saturated heterocycles. The summed E-state index contributed by atoms with van der Waals surface area (Å²) in [4.78, 5) is 23.6. The first kappa shape index (κ1) is 16.6. The molecule has 6 heteroatoms. The van der Waals surface area contributed by atoms with Crippen molar-refractivity contribution in [2.45, 2.75) is 13.0 Å². The molecule has 0 radical (unpaired) electrons. The average Bonchev–Trinajstić information content (AvgIpc) is 2.53. The van der Waals surface area contributed by atoms with E-state index in [-0.39, 0.29) is 18.0 Å². The van der Waals surface area contributed by atoms with Gasteiger partial charge in [0, 0.05) is 17.2 Å². The van der Waals surface area contributed by atoms with E-state index in [0.29, 0.717) is 5.56 Å². The van der Waals surface area contributed by atoms with Gasteiger partial charge in [-0.05, 0) is 25.1 Å². The van der Waals surface area contributed by atoms with Crippen molar-refractivity contribution < 1.29 is 18.4 Å². The number of carbonyl (C=O) groups is 2. The number of rotatable bonds is 5. The molecular weight excluding hydrogens is 302 g/mol. The predicted molar refractivity (Wildman–Crippen MR) is 81.7 cm³/mol. The number of amides is 2. The van der Waals surface area contributed by atoms with E-state index >= 15 is 0 Å². The van der Waals surface area contributed by atoms with E-state index in [1.807, 2.05) is 0 Å². The fraction of sp³-hybridized carbons (Fsp3) is 0.176. The third kappa shape index (κ3) is 4.60. The fourth-order valence-electron chi connectivity index (χ4n) is 2.08. The zero-order valence-corrected chi connectivity index (χ0v) is 12.5. The lowest BCUT2D eigenvalue weighted by molar-refractivity contribution is -0.120. The van der Waals surface area contributed by atoms with Crippen LogP contribution in [0.4, 0.5) is 8.78 Å². The zero-order chi connectivity index (χ0) is 16.8. The second-order valence-corrected chi connectivity index (χ2v) is 5.00. The summed E-state index contributed by atoms with van der Waals surface area (Å²) >= 11 is 0. The number of halogens is 2. The number of nitrogens with one attached hydrogen (secondary N) is 2. The quantitative estimate of drug-likeness (QED) is 0.890. The summed E-state index contributed by atoms with van der Waals surface area (Å²) in [5.41, 5.74) is 0.618. The van der Waals surface area contributed by atoms with Gasteiger partial charge in [-0.3, -0.25) is 9.59 Å². The van der Waals surface area contributed by atoms with Crippen molar-refractivity contribution in [1.82, 2.24) is 10.6 Å². The molecule has 2 aromatic carbocycles. The highest BCUT2D eigenvalue weighted by atomic mass is 19.1. The van der Waals surface area contributed by atoms with Gasteiger partial charge in [0.1, 0.15) is 11.6 Å². The monoisotopic (exact) mass is 318 g/mol. The summed E-state index contributed by atoms with van der Waals surface area (Å²) in [7, 11) is 0. The second kappa shape index (κ2) is 7.49. The molecule has 0 aromatic heterocycles. The fourth-order valence-corrected chi connectivity index (χ4v) is 2.08. The Morgan fingerprint density at radius 1 is 1.09 bits per heavy atom. The molecule has 23 heavy (non-hydrogen) atoms. The van der Waals surface area contributed by atoms with Crippen LogP contribution in [-0.4, -0.2) is 18.4 Å². The highest BCUT2D eigenvalue weighted by Crippen LogP contribution is 2.17. The van der Waals surface area contributed by atoms with Crippen LogP contribution in [0, 0.1) is 11.6 Å². The Morgan fingerprint density at radius 2 is 1.78 bits per heavy atom. The van der Waals surface area contributed by atoms with Crippen LogP contribution in [0.3, 0.4) is 0 Å². The molecular formula is C17H16F2N2O2. The Kier molecular flexibility index (Phi) is 5.41. The Bertz CT molecular complexity index is 705. The lowest BCUT2D eigenvalue weighted by Gasteiger charge is -2.15. The zero-order valence-electron chi connectivity index (χ0n) is 12.5. The van der Waals surface area contributed by atoms with Crippen LogP contribution >= 0.6 is 0 Å². The van der Waals surface area contributed by atoms with Crippen LogP contribution in [0.5, 0.6) is 0 Å². The molecule has 0 bridgehead atoms. The Morgan fingerprint density at radius 3 is 2.43 bits per heavy atom. The van der Waals surface area contributed by atoms with Crippen LogP contribution in [0.25, 0.3) is 0 Å². The van der Waals surface area contributed by atoms with Crippen LogP contribution in [0.15, 0.2) is 48.5 Å². The van der Waals surface area contributed by atoms with Gasteiger partial charge in [0.15, 0.2) is 0 Å². The van der Waals surface area contributed by atoms with Gasteiger partial charge in [-0.15, -0.1) is 0 Å². The SMILES string of the molecule is C[C@H](NC(=O)CNC(=O)c1ccccc1)c1ccc(F)cc1F. The summed E-state index contributed by atoms with van der Waals surface area (Å²) in [5, 5.41) is 5.02. The molecule has 1 atom stereocenters. The first-order chi connectivity index (χ1) is 11.0. The highest BCUT2D eigenvalue weighted by Gasteiger charge is 2.15. The topological polar surface area (TPSA) is 58.2 Å². The van der Waals surface area contributed by atoms with E-state index in [9.17, 15) is 18.4 Å². The van der Waals surface area contributed by atoms with E-state index in [1.54, 1.807) is 37.3 Å². The van der Waals surface area contributed by atoms with Gasteiger partial charge in [0.2, 0.25) is 5.91 Å². The molecule has 0 unspecified atom stereocenters. The molecule has 0 aliphatic rings. The van der Waals surface area contributed by atoms with Crippen LogP contribution in [0.2, 0.25) is 0 Å². The lowest BCUT2D eigenvalue weighted by atomic mass is 10.1. The predicted octanol–water partition coefficient (Wildman–Crippen LogP) is 2.57. The smallest absolute Gasteiger partial charge is 0.251 e. The van der Waals surface area contributed by atoms with Crippen molar-refractivity contribution in [2.75, 3.05) is 6.54 Å². The third-order valence-electron chi connectivity index (χ3n) is 3.25. The maximum atomic E-state index is 13.6. The Balaban J connectivity index is 1.88. The first-order valence-corrected chi connectivity index (χ1v) is 7.05. The van der Waals surface area contributed by atoms with Crippen molar-refractivity contribution in [2.24, 2.45) is 0 Å². The molecule has 0 aliphatic heterocycles. The number of carbonyl (C=O) groups excluding carboxylic acids is 2. The summed E-state index contributed by atoms with van der Waals surface area (Å²) in [6, 6.07) is 11.0. The highest BCUT2D eigenvalue weighted by molar-refractivity contribution is 5.96. The molecule has 0 aliphatic carbocycles. The van der Waals surface area contributed by atoms with E-state index in [4.69, 9.17) is 0 Å². The molecule has 120 valence electrons. The normalized spacial score (nSPS) is 11.6. The number of benzene rings is 2. The first-order valence-electron chi connectivity index (χ1n) is 7.05.